The van der Waals surface area contributed by atoms with Crippen LogP contribution in [0, 0.1) is 26.9 Å². The molecule has 0 saturated heterocycles. The number of terminal acetylenes is 1. The normalized spacial score (nSPS) is 9.67. The van der Waals surface area contributed by atoms with Crippen molar-refractivity contribution in [3.63, 3.8) is 0 Å². The molecule has 0 spiro atoms. The summed E-state index contributed by atoms with van der Waals surface area (Å²) in [6.07, 6.45) is 9.57. The van der Waals surface area contributed by atoms with Crippen LogP contribution in [0.1, 0.15) is 6.42 Å². The fourth-order valence-electron chi connectivity index (χ4n) is 1.05. The molecular weight excluding hydrogens is 307 g/mol. The van der Waals surface area contributed by atoms with E-state index in [1.807, 2.05) is 11.0 Å². The molecule has 103 valence electrons. The second kappa shape index (κ2) is 19.4. The summed E-state index contributed by atoms with van der Waals surface area (Å²) < 4.78 is 14.8. The standard InChI is InChI=1S/C12H20NO3.CH3.Y/c1-4-7-13(8-5-6-9-14-2)12-16-11-10-15-3;;/h1,6,9H,2,5,7-8,10-12H2,3H3;1H3;/q2*-1;. The van der Waals surface area contributed by atoms with Gasteiger partial charge in [-0.15, -0.1) is 6.42 Å². The van der Waals surface area contributed by atoms with Gasteiger partial charge in [-0.1, -0.05) is 12.0 Å². The van der Waals surface area contributed by atoms with Crippen molar-refractivity contribution in [2.45, 2.75) is 6.42 Å². The van der Waals surface area contributed by atoms with E-state index in [1.54, 1.807) is 13.4 Å². The van der Waals surface area contributed by atoms with Gasteiger partial charge in [0.2, 0.25) is 0 Å². The summed E-state index contributed by atoms with van der Waals surface area (Å²) in [5.41, 5.74) is 0. The Morgan fingerprint density at radius 3 is 2.67 bits per heavy atom. The number of rotatable bonds is 10. The van der Waals surface area contributed by atoms with Crippen molar-refractivity contribution >= 4 is 0 Å². The molecular formula is C13H23NO3Y-2. The van der Waals surface area contributed by atoms with Gasteiger partial charge in [0.15, 0.2) is 0 Å². The van der Waals surface area contributed by atoms with Gasteiger partial charge in [0.1, 0.15) is 0 Å². The molecule has 0 amide bonds. The van der Waals surface area contributed by atoms with Gasteiger partial charge in [0.25, 0.3) is 0 Å². The second-order valence-corrected chi connectivity index (χ2v) is 3.11. The van der Waals surface area contributed by atoms with E-state index in [0.717, 1.165) is 13.0 Å². The Labute approximate surface area is 137 Å². The Morgan fingerprint density at radius 2 is 2.11 bits per heavy atom. The van der Waals surface area contributed by atoms with Crippen LogP contribution in [0.15, 0.2) is 12.3 Å². The van der Waals surface area contributed by atoms with Crippen molar-refractivity contribution in [2.24, 2.45) is 0 Å². The maximum Gasteiger partial charge on any atom is 0.0999 e. The van der Waals surface area contributed by atoms with Crippen molar-refractivity contribution in [3.05, 3.63) is 26.9 Å². The van der Waals surface area contributed by atoms with Crippen LogP contribution in [0.4, 0.5) is 0 Å². The first-order valence-electron chi connectivity index (χ1n) is 5.13. The third-order valence-electron chi connectivity index (χ3n) is 1.82. The maximum absolute atomic E-state index is 5.38. The summed E-state index contributed by atoms with van der Waals surface area (Å²) in [7, 11) is 4.88. The molecule has 0 aliphatic rings. The van der Waals surface area contributed by atoms with Gasteiger partial charge in [-0.2, -0.15) is 7.11 Å². The molecule has 5 heteroatoms. The van der Waals surface area contributed by atoms with E-state index in [-0.39, 0.29) is 40.1 Å². The SMILES string of the molecule is C#CCN(CCC=CO[CH2-])COCCOC.[CH3-].[Y]. The molecule has 0 fully saturated rings. The Kier molecular flexibility index (Phi) is 25.0. The van der Waals surface area contributed by atoms with Crippen LogP contribution in [0.2, 0.25) is 0 Å². The van der Waals surface area contributed by atoms with Gasteiger partial charge in [0, 0.05) is 52.6 Å². The van der Waals surface area contributed by atoms with Crippen LogP contribution in [0.25, 0.3) is 0 Å². The number of nitrogens with zero attached hydrogens (tertiary/aromatic N) is 1. The first-order valence-corrected chi connectivity index (χ1v) is 5.13. The minimum Gasteiger partial charge on any atom is -0.671 e. The number of ether oxygens (including phenoxy) is 3. The largest absolute Gasteiger partial charge is 0.671 e. The quantitative estimate of drug-likeness (QED) is 0.201. The fourth-order valence-corrected chi connectivity index (χ4v) is 1.05. The predicted octanol–water partition coefficient (Wildman–Crippen LogP) is 1.70. The van der Waals surface area contributed by atoms with Crippen LogP contribution < -0.4 is 0 Å². The number of hydrogen-bond donors (Lipinski definition) is 0. The van der Waals surface area contributed by atoms with Crippen molar-refractivity contribution in [2.75, 3.05) is 40.1 Å². The van der Waals surface area contributed by atoms with Crippen molar-refractivity contribution < 1.29 is 46.9 Å². The average molecular weight is 330 g/mol. The first kappa shape index (κ1) is 23.2. The third kappa shape index (κ3) is 16.1. The molecule has 18 heavy (non-hydrogen) atoms. The Hall–Kier alpha value is 0.0839. The molecule has 0 aliphatic heterocycles. The minimum atomic E-state index is 0. The van der Waals surface area contributed by atoms with Crippen LogP contribution in [-0.2, 0) is 46.9 Å². The summed E-state index contributed by atoms with van der Waals surface area (Å²) >= 11 is 0. The van der Waals surface area contributed by atoms with Crippen LogP contribution in [-0.4, -0.2) is 45.0 Å². The van der Waals surface area contributed by atoms with E-state index in [2.05, 4.69) is 17.8 Å². The van der Waals surface area contributed by atoms with E-state index in [9.17, 15) is 0 Å². The summed E-state index contributed by atoms with van der Waals surface area (Å²) in [5, 5.41) is 0. The van der Waals surface area contributed by atoms with Crippen LogP contribution in [0.5, 0.6) is 0 Å². The van der Waals surface area contributed by atoms with Crippen LogP contribution >= 0.6 is 0 Å². The molecule has 0 bridgehead atoms. The van der Waals surface area contributed by atoms with E-state index < -0.39 is 0 Å². The van der Waals surface area contributed by atoms with Gasteiger partial charge >= 0.3 is 0 Å². The Balaban J connectivity index is -0.00000112. The molecule has 0 aromatic heterocycles. The predicted molar refractivity (Wildman–Crippen MR) is 69.7 cm³/mol. The van der Waals surface area contributed by atoms with Crippen molar-refractivity contribution in [3.8, 4) is 12.3 Å². The molecule has 0 aromatic carbocycles. The van der Waals surface area contributed by atoms with Gasteiger partial charge in [0.05, 0.1) is 26.5 Å². The molecule has 4 nitrogen and oxygen atoms in total. The monoisotopic (exact) mass is 330 g/mol. The fraction of sp³-hybridized carbons (Fsp3) is 0.538. The summed E-state index contributed by atoms with van der Waals surface area (Å²) in [5.74, 6) is 2.60. The zero-order valence-corrected chi connectivity index (χ0v) is 14.3. The number of methoxy groups -OCH3 is 1. The van der Waals surface area contributed by atoms with Crippen LogP contribution in [0.3, 0.4) is 0 Å². The summed E-state index contributed by atoms with van der Waals surface area (Å²) in [6, 6.07) is 0. The molecule has 0 aromatic rings. The van der Waals surface area contributed by atoms with Gasteiger partial charge in [-0.05, 0) is 6.42 Å². The second-order valence-electron chi connectivity index (χ2n) is 3.11. The summed E-state index contributed by atoms with van der Waals surface area (Å²) in [4.78, 5) is 2.03. The molecule has 0 rings (SSSR count). The molecule has 0 atom stereocenters. The molecule has 0 unspecified atom stereocenters. The minimum absolute atomic E-state index is 0. The summed E-state index contributed by atoms with van der Waals surface area (Å²) in [6.45, 7) is 3.10. The smallest absolute Gasteiger partial charge is 0.0999 e. The van der Waals surface area contributed by atoms with Crippen molar-refractivity contribution in [1.29, 1.82) is 0 Å². The zero-order valence-electron chi connectivity index (χ0n) is 11.4. The van der Waals surface area contributed by atoms with E-state index in [4.69, 9.17) is 15.9 Å². The Bertz CT molecular complexity index is 217. The molecule has 0 N–H and O–H groups in total. The van der Waals surface area contributed by atoms with Crippen molar-refractivity contribution in [1.82, 2.24) is 4.90 Å². The van der Waals surface area contributed by atoms with Gasteiger partial charge < -0.3 is 21.6 Å². The van der Waals surface area contributed by atoms with E-state index in [1.165, 1.54) is 0 Å². The third-order valence-corrected chi connectivity index (χ3v) is 1.82. The van der Waals surface area contributed by atoms with Gasteiger partial charge in [-0.3, -0.25) is 4.90 Å². The zero-order chi connectivity index (χ0) is 12.1. The molecule has 0 saturated carbocycles. The average Bonchev–Trinajstić information content (AvgIpc) is 2.30. The van der Waals surface area contributed by atoms with Gasteiger partial charge in [-0.25, -0.2) is 0 Å². The first-order chi connectivity index (χ1) is 7.85. The van der Waals surface area contributed by atoms with E-state index in [0.29, 0.717) is 26.5 Å². The Morgan fingerprint density at radius 1 is 1.39 bits per heavy atom. The molecule has 0 heterocycles. The number of hydrogen-bond acceptors (Lipinski definition) is 4. The molecule has 1 radical (unpaired) electrons. The topological polar surface area (TPSA) is 30.9 Å². The molecule has 0 aliphatic carbocycles. The maximum atomic E-state index is 5.38. The van der Waals surface area contributed by atoms with E-state index >= 15 is 0 Å².